The first-order chi connectivity index (χ1) is 7.79. The Kier molecular flexibility index (Phi) is 2.79. The van der Waals surface area contributed by atoms with Crippen LogP contribution in [0, 0.1) is 6.57 Å². The lowest BCUT2D eigenvalue weighted by molar-refractivity contribution is 0.0960. The van der Waals surface area contributed by atoms with Gasteiger partial charge in [0.15, 0.2) is 0 Å². The van der Waals surface area contributed by atoms with Gasteiger partial charge in [0.2, 0.25) is 5.78 Å². The fourth-order valence-corrected chi connectivity index (χ4v) is 1.30. The predicted octanol–water partition coefficient (Wildman–Crippen LogP) is 2.65. The molecule has 0 aliphatic rings. The number of nitrogens with zero attached hydrogens (tertiary/aromatic N) is 2. The van der Waals surface area contributed by atoms with Crippen molar-refractivity contribution in [1.29, 1.82) is 0 Å². The van der Waals surface area contributed by atoms with Crippen LogP contribution < -0.4 is 0 Å². The number of hydrogen-bond acceptors (Lipinski definition) is 3. The fraction of sp³-hybridized carbons (Fsp3) is 0.0833. The predicted molar refractivity (Wildman–Crippen MR) is 57.2 cm³/mol. The molecule has 0 amide bonds. The minimum Gasteiger partial charge on any atom is -0.437 e. The second-order valence-corrected chi connectivity index (χ2v) is 3.21. The summed E-state index contributed by atoms with van der Waals surface area (Å²) in [5.74, 6) is -0.118. The van der Waals surface area contributed by atoms with E-state index in [2.05, 4.69) is 9.83 Å². The topological polar surface area (TPSA) is 47.5 Å². The molecule has 16 heavy (non-hydrogen) atoms. The van der Waals surface area contributed by atoms with E-state index in [0.29, 0.717) is 0 Å². The van der Waals surface area contributed by atoms with E-state index in [9.17, 15) is 4.79 Å². The average Bonchev–Trinajstić information content (AvgIpc) is 2.79. The van der Waals surface area contributed by atoms with Crippen LogP contribution in [0.4, 0.5) is 5.82 Å². The molecular weight excluding hydrogens is 204 g/mol. The fourth-order valence-electron chi connectivity index (χ4n) is 1.30. The van der Waals surface area contributed by atoms with Crippen molar-refractivity contribution < 1.29 is 9.21 Å². The number of carbonyl (C=O) groups is 1. The van der Waals surface area contributed by atoms with E-state index >= 15 is 0 Å². The molecule has 1 aromatic heterocycles. The van der Waals surface area contributed by atoms with Crippen molar-refractivity contribution in [3.8, 4) is 0 Å². The molecule has 0 atom stereocenters. The van der Waals surface area contributed by atoms with Crippen molar-refractivity contribution in [1.82, 2.24) is 4.98 Å². The van der Waals surface area contributed by atoms with E-state index in [1.165, 1.54) is 6.26 Å². The number of aromatic nitrogens is 1. The molecule has 2 aromatic rings. The Morgan fingerprint density at radius 1 is 1.38 bits per heavy atom. The van der Waals surface area contributed by atoms with Gasteiger partial charge in [-0.3, -0.25) is 4.79 Å². The van der Waals surface area contributed by atoms with Gasteiger partial charge in [-0.2, -0.15) is 0 Å². The van der Waals surface area contributed by atoms with Crippen LogP contribution in [0.5, 0.6) is 0 Å². The van der Waals surface area contributed by atoms with E-state index in [1.807, 2.05) is 30.3 Å². The number of hydrogen-bond donors (Lipinski definition) is 0. The molecule has 0 bridgehead atoms. The molecule has 0 saturated heterocycles. The Morgan fingerprint density at radius 3 is 2.75 bits per heavy atom. The van der Waals surface area contributed by atoms with Crippen LogP contribution in [0.3, 0.4) is 0 Å². The van der Waals surface area contributed by atoms with Crippen molar-refractivity contribution in [2.24, 2.45) is 0 Å². The maximum atomic E-state index is 11.7. The van der Waals surface area contributed by atoms with Gasteiger partial charge in [0, 0.05) is 6.42 Å². The zero-order chi connectivity index (χ0) is 11.4. The molecule has 2 rings (SSSR count). The zero-order valence-corrected chi connectivity index (χ0v) is 8.38. The molecule has 0 unspecified atom stereocenters. The van der Waals surface area contributed by atoms with Gasteiger partial charge in [0.1, 0.15) is 6.26 Å². The Morgan fingerprint density at radius 2 is 2.12 bits per heavy atom. The maximum Gasteiger partial charge on any atom is 0.357 e. The molecule has 0 aliphatic carbocycles. The van der Waals surface area contributed by atoms with Gasteiger partial charge < -0.3 is 9.26 Å². The van der Waals surface area contributed by atoms with Crippen molar-refractivity contribution in [2.45, 2.75) is 6.42 Å². The van der Waals surface area contributed by atoms with Gasteiger partial charge in [0.05, 0.1) is 0 Å². The van der Waals surface area contributed by atoms with Crippen LogP contribution in [0.15, 0.2) is 41.0 Å². The highest BCUT2D eigenvalue weighted by atomic mass is 16.3. The summed E-state index contributed by atoms with van der Waals surface area (Å²) in [7, 11) is 0. The molecule has 78 valence electrons. The molecule has 0 spiro atoms. The van der Waals surface area contributed by atoms with E-state index in [4.69, 9.17) is 11.0 Å². The molecule has 4 nitrogen and oxygen atoms in total. The van der Waals surface area contributed by atoms with Gasteiger partial charge in [-0.1, -0.05) is 41.9 Å². The molecule has 0 radical (unpaired) electrons. The summed E-state index contributed by atoms with van der Waals surface area (Å²) < 4.78 is 4.92. The van der Waals surface area contributed by atoms with Gasteiger partial charge >= 0.3 is 11.7 Å². The molecule has 1 heterocycles. The highest BCUT2D eigenvalue weighted by Crippen LogP contribution is 2.12. The molecule has 4 heteroatoms. The van der Waals surface area contributed by atoms with Crippen LogP contribution in [0.2, 0.25) is 0 Å². The normalized spacial score (nSPS) is 9.69. The number of carbonyl (C=O) groups excluding carboxylic acids is 1. The number of Topliss-reactive ketones (excluding diaryl/α,β-unsaturated/α-hetero) is 1. The first-order valence-electron chi connectivity index (χ1n) is 4.69. The smallest absolute Gasteiger partial charge is 0.357 e. The summed E-state index contributed by atoms with van der Waals surface area (Å²) in [6, 6.07) is 9.33. The van der Waals surface area contributed by atoms with Crippen LogP contribution in [-0.4, -0.2) is 10.8 Å². The largest absolute Gasteiger partial charge is 0.437 e. The Bertz CT molecular complexity index is 538. The lowest BCUT2D eigenvalue weighted by Crippen LogP contribution is -2.03. The number of ketones is 1. The SMILES string of the molecule is [C-]#[N+]c1coc(C(=O)Cc2ccccc2)n1. The van der Waals surface area contributed by atoms with E-state index in [0.717, 1.165) is 5.56 Å². The van der Waals surface area contributed by atoms with Gasteiger partial charge in [-0.05, 0) is 5.56 Å². The van der Waals surface area contributed by atoms with Crippen molar-refractivity contribution >= 4 is 11.6 Å². The van der Waals surface area contributed by atoms with Crippen LogP contribution in [-0.2, 0) is 6.42 Å². The summed E-state index contributed by atoms with van der Waals surface area (Å²) in [5, 5.41) is 0. The molecule has 0 saturated carbocycles. The second kappa shape index (κ2) is 4.41. The third kappa shape index (κ3) is 2.15. The van der Waals surface area contributed by atoms with Gasteiger partial charge in [-0.25, -0.2) is 0 Å². The Labute approximate surface area is 92.4 Å². The quantitative estimate of drug-likeness (QED) is 0.580. The summed E-state index contributed by atoms with van der Waals surface area (Å²) in [5.41, 5.74) is 0.898. The molecule has 0 aliphatic heterocycles. The maximum absolute atomic E-state index is 11.7. The molecule has 1 aromatic carbocycles. The van der Waals surface area contributed by atoms with Crippen LogP contribution in [0.25, 0.3) is 4.85 Å². The highest BCUT2D eigenvalue weighted by Gasteiger charge is 2.17. The number of oxazole rings is 1. The van der Waals surface area contributed by atoms with Gasteiger partial charge in [0.25, 0.3) is 0 Å². The lowest BCUT2D eigenvalue weighted by Gasteiger charge is -1.94. The Hall–Kier alpha value is -2.41. The van der Waals surface area contributed by atoms with E-state index in [1.54, 1.807) is 0 Å². The average molecular weight is 212 g/mol. The summed E-state index contributed by atoms with van der Waals surface area (Å²) in [6.07, 6.45) is 1.42. The third-order valence-electron chi connectivity index (χ3n) is 2.05. The first kappa shape index (κ1) is 10.1. The summed E-state index contributed by atoms with van der Waals surface area (Å²) in [4.78, 5) is 18.5. The van der Waals surface area contributed by atoms with E-state index in [-0.39, 0.29) is 23.9 Å². The lowest BCUT2D eigenvalue weighted by atomic mass is 10.1. The zero-order valence-electron chi connectivity index (χ0n) is 8.38. The second-order valence-electron chi connectivity index (χ2n) is 3.21. The summed E-state index contributed by atoms with van der Waals surface area (Å²) in [6.45, 7) is 6.71. The molecular formula is C12H8N2O2. The Balaban J connectivity index is 2.12. The third-order valence-corrected chi connectivity index (χ3v) is 2.05. The summed E-state index contributed by atoms with van der Waals surface area (Å²) >= 11 is 0. The van der Waals surface area contributed by atoms with Crippen LogP contribution in [0.1, 0.15) is 16.2 Å². The van der Waals surface area contributed by atoms with Crippen molar-refractivity contribution in [3.63, 3.8) is 0 Å². The van der Waals surface area contributed by atoms with Crippen molar-refractivity contribution in [2.75, 3.05) is 0 Å². The number of rotatable bonds is 3. The minimum absolute atomic E-state index is 0.00477. The first-order valence-corrected chi connectivity index (χ1v) is 4.69. The van der Waals surface area contributed by atoms with Crippen molar-refractivity contribution in [3.05, 3.63) is 59.5 Å². The molecule has 0 fully saturated rings. The molecule has 0 N–H and O–H groups in total. The highest BCUT2D eigenvalue weighted by molar-refractivity contribution is 5.93. The van der Waals surface area contributed by atoms with Gasteiger partial charge in [-0.15, -0.1) is 0 Å². The monoisotopic (exact) mass is 212 g/mol. The minimum atomic E-state index is -0.221. The standard InChI is InChI=1S/C12H8N2O2/c1-13-11-8-16-12(14-11)10(15)7-9-5-3-2-4-6-9/h2-6,8H,7H2. The van der Waals surface area contributed by atoms with Crippen LogP contribution >= 0.6 is 0 Å². The van der Waals surface area contributed by atoms with E-state index < -0.39 is 0 Å². The number of benzene rings is 1.